The summed E-state index contributed by atoms with van der Waals surface area (Å²) in [5.74, 6) is 0.843. The van der Waals surface area contributed by atoms with Crippen molar-refractivity contribution >= 4 is 12.0 Å². The van der Waals surface area contributed by atoms with Crippen molar-refractivity contribution in [3.05, 3.63) is 36.2 Å². The molecule has 0 bridgehead atoms. The molecule has 1 aromatic heterocycles. The van der Waals surface area contributed by atoms with E-state index in [1.807, 2.05) is 31.2 Å². The van der Waals surface area contributed by atoms with E-state index in [0.29, 0.717) is 6.61 Å². The highest BCUT2D eigenvalue weighted by Gasteiger charge is 2.21. The van der Waals surface area contributed by atoms with E-state index in [0.717, 1.165) is 24.2 Å². The van der Waals surface area contributed by atoms with Crippen LogP contribution in [0.2, 0.25) is 0 Å². The number of unbranched alkanes of at least 4 members (excludes halogenated alkanes) is 1. The van der Waals surface area contributed by atoms with Gasteiger partial charge in [-0.3, -0.25) is 0 Å². The lowest BCUT2D eigenvalue weighted by Gasteiger charge is -2.19. The third kappa shape index (κ3) is 4.87. The zero-order valence-corrected chi connectivity index (χ0v) is 13.2. The molecule has 0 saturated carbocycles. The first kappa shape index (κ1) is 16.6. The molecule has 8 nitrogen and oxygen atoms in total. The van der Waals surface area contributed by atoms with Crippen LogP contribution >= 0.6 is 0 Å². The molecule has 23 heavy (non-hydrogen) atoms. The molecular weight excluding hydrogens is 298 g/mol. The Morgan fingerprint density at radius 2 is 1.87 bits per heavy atom. The van der Waals surface area contributed by atoms with Crippen molar-refractivity contribution in [3.63, 3.8) is 0 Å². The maximum absolute atomic E-state index is 12.3. The van der Waals surface area contributed by atoms with Crippen LogP contribution in [0.25, 0.3) is 0 Å². The minimum Gasteiger partial charge on any atom is -0.497 e. The van der Waals surface area contributed by atoms with E-state index >= 15 is 0 Å². The fourth-order valence-electron chi connectivity index (χ4n) is 1.82. The number of ether oxygens (including phenoxy) is 2. The monoisotopic (exact) mass is 317 g/mol. The molecule has 0 aliphatic heterocycles. The van der Waals surface area contributed by atoms with Crippen LogP contribution in [0.15, 0.2) is 30.6 Å². The number of hydrogen-bond donors (Lipinski definition) is 0. The van der Waals surface area contributed by atoms with E-state index in [4.69, 9.17) is 9.47 Å². The van der Waals surface area contributed by atoms with Gasteiger partial charge in [0, 0.05) is 0 Å². The first-order valence-corrected chi connectivity index (χ1v) is 7.32. The predicted molar refractivity (Wildman–Crippen MR) is 83.1 cm³/mol. The standard InChI is InChI=1S/C15H19N5O3/c1-3-4-9-23-15(21)20(14-18-16-11-17-19-14)10-12-5-7-13(22-2)8-6-12/h5-8,11H,3-4,9-10H2,1-2H3. The molecule has 0 radical (unpaired) electrons. The van der Waals surface area contributed by atoms with Crippen molar-refractivity contribution in [2.75, 3.05) is 18.6 Å². The third-order valence-electron chi connectivity index (χ3n) is 3.08. The van der Waals surface area contributed by atoms with Crippen LogP contribution in [0.4, 0.5) is 10.7 Å². The number of methoxy groups -OCH3 is 1. The van der Waals surface area contributed by atoms with Crippen LogP contribution in [0, 0.1) is 0 Å². The Kier molecular flexibility index (Phi) is 6.22. The molecule has 2 aromatic rings. The molecule has 0 aliphatic carbocycles. The topological polar surface area (TPSA) is 90.3 Å². The summed E-state index contributed by atoms with van der Waals surface area (Å²) >= 11 is 0. The van der Waals surface area contributed by atoms with Crippen molar-refractivity contribution in [1.82, 2.24) is 20.4 Å². The first-order valence-electron chi connectivity index (χ1n) is 7.32. The summed E-state index contributed by atoms with van der Waals surface area (Å²) in [5.41, 5.74) is 0.880. The van der Waals surface area contributed by atoms with Gasteiger partial charge in [-0.25, -0.2) is 9.69 Å². The molecule has 1 amide bonds. The molecule has 0 aliphatic rings. The highest BCUT2D eigenvalue weighted by molar-refractivity contribution is 5.85. The van der Waals surface area contributed by atoms with E-state index in [2.05, 4.69) is 20.4 Å². The van der Waals surface area contributed by atoms with Crippen molar-refractivity contribution in [1.29, 1.82) is 0 Å². The maximum atomic E-state index is 12.3. The van der Waals surface area contributed by atoms with Gasteiger partial charge in [0.25, 0.3) is 5.95 Å². The van der Waals surface area contributed by atoms with E-state index in [1.165, 1.54) is 11.2 Å². The molecule has 8 heteroatoms. The highest BCUT2D eigenvalue weighted by atomic mass is 16.6. The van der Waals surface area contributed by atoms with Gasteiger partial charge >= 0.3 is 6.09 Å². The summed E-state index contributed by atoms with van der Waals surface area (Å²) in [6.07, 6.45) is 2.42. The fraction of sp³-hybridized carbons (Fsp3) is 0.400. The fourth-order valence-corrected chi connectivity index (χ4v) is 1.82. The van der Waals surface area contributed by atoms with Gasteiger partial charge < -0.3 is 9.47 Å². The van der Waals surface area contributed by atoms with Crippen LogP contribution in [-0.2, 0) is 11.3 Å². The Balaban J connectivity index is 2.14. The quantitative estimate of drug-likeness (QED) is 0.723. The van der Waals surface area contributed by atoms with Gasteiger partial charge in [-0.1, -0.05) is 25.5 Å². The Morgan fingerprint density at radius 3 is 2.48 bits per heavy atom. The number of carbonyl (C=O) groups is 1. The molecule has 0 spiro atoms. The Morgan fingerprint density at radius 1 is 1.17 bits per heavy atom. The van der Waals surface area contributed by atoms with Gasteiger partial charge in [0.1, 0.15) is 5.75 Å². The smallest absolute Gasteiger partial charge is 0.417 e. The number of anilines is 1. The molecule has 1 aromatic carbocycles. The molecule has 0 saturated heterocycles. The summed E-state index contributed by atoms with van der Waals surface area (Å²) in [6, 6.07) is 7.35. The molecule has 0 unspecified atom stereocenters. The Labute approximate surface area is 134 Å². The average Bonchev–Trinajstić information content (AvgIpc) is 2.61. The lowest BCUT2D eigenvalue weighted by atomic mass is 10.2. The second-order valence-electron chi connectivity index (χ2n) is 4.75. The zero-order chi connectivity index (χ0) is 16.5. The summed E-state index contributed by atoms with van der Waals surface area (Å²) in [5, 5.41) is 15.0. The molecule has 122 valence electrons. The van der Waals surface area contributed by atoms with Crippen molar-refractivity contribution < 1.29 is 14.3 Å². The number of aromatic nitrogens is 4. The number of benzene rings is 1. The average molecular weight is 317 g/mol. The van der Waals surface area contributed by atoms with Gasteiger partial charge in [-0.05, 0) is 24.1 Å². The summed E-state index contributed by atoms with van der Waals surface area (Å²) in [7, 11) is 1.60. The van der Waals surface area contributed by atoms with Crippen LogP contribution in [-0.4, -0.2) is 40.2 Å². The minimum atomic E-state index is -0.524. The van der Waals surface area contributed by atoms with Gasteiger partial charge in [0.05, 0.1) is 20.3 Å². The zero-order valence-electron chi connectivity index (χ0n) is 13.2. The van der Waals surface area contributed by atoms with Crippen molar-refractivity contribution in [2.24, 2.45) is 0 Å². The molecule has 2 rings (SSSR count). The molecule has 0 N–H and O–H groups in total. The lowest BCUT2D eigenvalue weighted by Crippen LogP contribution is -2.33. The van der Waals surface area contributed by atoms with E-state index < -0.39 is 6.09 Å². The Hall–Kier alpha value is -2.77. The molecular formula is C15H19N5O3. The second-order valence-corrected chi connectivity index (χ2v) is 4.75. The molecule has 0 atom stereocenters. The molecule has 0 fully saturated rings. The van der Waals surface area contributed by atoms with Gasteiger partial charge in [-0.15, -0.1) is 20.4 Å². The minimum absolute atomic E-state index is 0.102. The van der Waals surface area contributed by atoms with Gasteiger partial charge in [0.15, 0.2) is 6.33 Å². The maximum Gasteiger partial charge on any atom is 0.417 e. The number of hydrogen-bond acceptors (Lipinski definition) is 7. The van der Waals surface area contributed by atoms with Crippen molar-refractivity contribution in [2.45, 2.75) is 26.3 Å². The summed E-state index contributed by atoms with van der Waals surface area (Å²) in [6.45, 7) is 2.63. The number of carbonyl (C=O) groups excluding carboxylic acids is 1. The third-order valence-corrected chi connectivity index (χ3v) is 3.08. The summed E-state index contributed by atoms with van der Waals surface area (Å²) in [4.78, 5) is 13.6. The van der Waals surface area contributed by atoms with Crippen LogP contribution in [0.3, 0.4) is 0 Å². The predicted octanol–water partition coefficient (Wildman–Crippen LogP) is 2.22. The van der Waals surface area contributed by atoms with E-state index in [1.54, 1.807) is 7.11 Å². The number of rotatable bonds is 7. The van der Waals surface area contributed by atoms with Crippen molar-refractivity contribution in [3.8, 4) is 5.75 Å². The van der Waals surface area contributed by atoms with E-state index in [-0.39, 0.29) is 12.5 Å². The summed E-state index contributed by atoms with van der Waals surface area (Å²) < 4.78 is 10.4. The first-order chi connectivity index (χ1) is 11.2. The SMILES string of the molecule is CCCCOC(=O)N(Cc1ccc(OC)cc1)c1nncnn1. The van der Waals surface area contributed by atoms with E-state index in [9.17, 15) is 4.79 Å². The Bertz CT molecular complexity index is 606. The van der Waals surface area contributed by atoms with Crippen LogP contribution in [0.5, 0.6) is 5.75 Å². The molecule has 1 heterocycles. The number of nitrogens with zero attached hydrogens (tertiary/aromatic N) is 5. The highest BCUT2D eigenvalue weighted by Crippen LogP contribution is 2.16. The largest absolute Gasteiger partial charge is 0.497 e. The van der Waals surface area contributed by atoms with Gasteiger partial charge in [0.2, 0.25) is 0 Å². The van der Waals surface area contributed by atoms with Crippen LogP contribution < -0.4 is 9.64 Å². The van der Waals surface area contributed by atoms with Crippen LogP contribution in [0.1, 0.15) is 25.3 Å². The lowest BCUT2D eigenvalue weighted by molar-refractivity contribution is 0.151. The number of amides is 1. The van der Waals surface area contributed by atoms with Gasteiger partial charge in [-0.2, -0.15) is 0 Å². The normalized spacial score (nSPS) is 10.2. The second kappa shape index (κ2) is 8.62.